The van der Waals surface area contributed by atoms with Crippen molar-refractivity contribution in [3.63, 3.8) is 0 Å². The number of anilines is 1. The first-order valence-corrected chi connectivity index (χ1v) is 9.88. The summed E-state index contributed by atoms with van der Waals surface area (Å²) in [6, 6.07) is 9.53. The fourth-order valence-corrected chi connectivity index (χ4v) is 3.24. The summed E-state index contributed by atoms with van der Waals surface area (Å²) < 4.78 is 11.9. The molecule has 0 aliphatic carbocycles. The molecule has 0 saturated heterocycles. The summed E-state index contributed by atoms with van der Waals surface area (Å²) in [7, 11) is 1.52. The van der Waals surface area contributed by atoms with Gasteiger partial charge in [-0.25, -0.2) is 4.98 Å². The number of rotatable bonds is 7. The molecule has 3 heterocycles. The van der Waals surface area contributed by atoms with Gasteiger partial charge in [0.25, 0.3) is 11.4 Å². The standard InChI is InChI=1S/C22H20N6O4/c1-3-17(20(29)25-15-8-4-5-9-18(15)31-2)28-12-6-7-14(22(28)30)21-26-19(27-32-21)16-13-23-10-11-24-16/h4-13,17H,3H2,1-2H3,(H,25,29)/t17-/m0/s1. The highest BCUT2D eigenvalue weighted by molar-refractivity contribution is 5.95. The third-order valence-electron chi connectivity index (χ3n) is 4.81. The monoisotopic (exact) mass is 432 g/mol. The van der Waals surface area contributed by atoms with E-state index < -0.39 is 11.6 Å². The number of carbonyl (C=O) groups excluding carboxylic acids is 1. The molecule has 1 N–H and O–H groups in total. The van der Waals surface area contributed by atoms with Crippen LogP contribution in [0, 0.1) is 0 Å². The van der Waals surface area contributed by atoms with Crippen LogP contribution in [-0.4, -0.2) is 37.7 Å². The number of hydrogen-bond acceptors (Lipinski definition) is 8. The molecule has 10 heteroatoms. The lowest BCUT2D eigenvalue weighted by molar-refractivity contribution is -0.119. The molecule has 0 spiro atoms. The molecule has 3 aromatic heterocycles. The zero-order chi connectivity index (χ0) is 22.5. The second-order valence-electron chi connectivity index (χ2n) is 6.76. The molecule has 162 valence electrons. The lowest BCUT2D eigenvalue weighted by atomic mass is 10.1. The summed E-state index contributed by atoms with van der Waals surface area (Å²) in [5.41, 5.74) is 0.692. The normalized spacial score (nSPS) is 11.7. The molecule has 0 aliphatic heterocycles. The van der Waals surface area contributed by atoms with E-state index in [0.717, 1.165) is 0 Å². The Morgan fingerprint density at radius 3 is 2.81 bits per heavy atom. The molecule has 0 fully saturated rings. The van der Waals surface area contributed by atoms with E-state index in [-0.39, 0.29) is 23.2 Å². The van der Waals surface area contributed by atoms with Gasteiger partial charge in [-0.2, -0.15) is 4.98 Å². The lowest BCUT2D eigenvalue weighted by Crippen LogP contribution is -2.33. The highest BCUT2D eigenvalue weighted by atomic mass is 16.5. The summed E-state index contributed by atoms with van der Waals surface area (Å²) in [6.45, 7) is 1.82. The Kier molecular flexibility index (Phi) is 6.02. The van der Waals surface area contributed by atoms with Gasteiger partial charge in [0, 0.05) is 18.6 Å². The number of pyridine rings is 1. The number of aromatic nitrogens is 5. The number of benzene rings is 1. The van der Waals surface area contributed by atoms with Crippen LogP contribution in [0.25, 0.3) is 23.0 Å². The quantitative estimate of drug-likeness (QED) is 0.472. The van der Waals surface area contributed by atoms with Gasteiger partial charge in [0.15, 0.2) is 0 Å². The van der Waals surface area contributed by atoms with Crippen LogP contribution >= 0.6 is 0 Å². The van der Waals surface area contributed by atoms with Gasteiger partial charge in [-0.15, -0.1) is 0 Å². The maximum atomic E-state index is 13.2. The molecule has 0 radical (unpaired) electrons. The lowest BCUT2D eigenvalue weighted by Gasteiger charge is -2.19. The largest absolute Gasteiger partial charge is 0.495 e. The Hall–Kier alpha value is -4.34. The zero-order valence-corrected chi connectivity index (χ0v) is 17.4. The Labute approximate surface area is 182 Å². The summed E-state index contributed by atoms with van der Waals surface area (Å²) in [6.07, 6.45) is 6.47. The molecule has 0 bridgehead atoms. The Morgan fingerprint density at radius 2 is 2.06 bits per heavy atom. The van der Waals surface area contributed by atoms with Crippen molar-refractivity contribution in [2.24, 2.45) is 0 Å². The van der Waals surface area contributed by atoms with Crippen molar-refractivity contribution in [3.8, 4) is 28.7 Å². The second kappa shape index (κ2) is 9.21. The number of ether oxygens (including phenoxy) is 1. The van der Waals surface area contributed by atoms with Crippen LogP contribution < -0.4 is 15.6 Å². The first-order chi connectivity index (χ1) is 15.6. The van der Waals surface area contributed by atoms with Gasteiger partial charge in [-0.1, -0.05) is 24.2 Å². The summed E-state index contributed by atoms with van der Waals surface area (Å²) >= 11 is 0. The fraction of sp³-hybridized carbons (Fsp3) is 0.182. The molecule has 1 aromatic carbocycles. The molecular weight excluding hydrogens is 412 g/mol. The number of nitrogens with one attached hydrogen (secondary N) is 1. The number of amides is 1. The summed E-state index contributed by atoms with van der Waals surface area (Å²) in [5, 5.41) is 6.71. The van der Waals surface area contributed by atoms with Crippen LogP contribution in [0.3, 0.4) is 0 Å². The maximum absolute atomic E-state index is 13.2. The van der Waals surface area contributed by atoms with Crippen LogP contribution in [0.2, 0.25) is 0 Å². The first-order valence-electron chi connectivity index (χ1n) is 9.88. The van der Waals surface area contributed by atoms with E-state index in [9.17, 15) is 9.59 Å². The second-order valence-corrected chi connectivity index (χ2v) is 6.76. The van der Waals surface area contributed by atoms with E-state index >= 15 is 0 Å². The van der Waals surface area contributed by atoms with E-state index in [1.807, 2.05) is 6.92 Å². The third-order valence-corrected chi connectivity index (χ3v) is 4.81. The highest BCUT2D eigenvalue weighted by Crippen LogP contribution is 2.25. The Bertz CT molecular complexity index is 1280. The molecule has 0 saturated carbocycles. The smallest absolute Gasteiger partial charge is 0.264 e. The minimum atomic E-state index is -0.755. The molecule has 10 nitrogen and oxygen atoms in total. The van der Waals surface area contributed by atoms with Gasteiger partial charge in [-0.3, -0.25) is 14.6 Å². The molecule has 4 rings (SSSR count). The molecule has 0 unspecified atom stereocenters. The molecule has 0 aliphatic rings. The van der Waals surface area contributed by atoms with Gasteiger partial charge >= 0.3 is 0 Å². The average molecular weight is 432 g/mol. The van der Waals surface area contributed by atoms with Crippen LogP contribution in [0.15, 0.2) is 70.5 Å². The van der Waals surface area contributed by atoms with Crippen molar-refractivity contribution in [2.75, 3.05) is 12.4 Å². The Balaban J connectivity index is 1.64. The van der Waals surface area contributed by atoms with E-state index in [1.165, 1.54) is 30.3 Å². The fourth-order valence-electron chi connectivity index (χ4n) is 3.24. The average Bonchev–Trinajstić information content (AvgIpc) is 3.32. The highest BCUT2D eigenvalue weighted by Gasteiger charge is 2.23. The molecule has 1 atom stereocenters. The van der Waals surface area contributed by atoms with Gasteiger partial charge in [-0.05, 0) is 30.7 Å². The van der Waals surface area contributed by atoms with E-state index in [1.54, 1.807) is 42.6 Å². The van der Waals surface area contributed by atoms with Crippen molar-refractivity contribution >= 4 is 11.6 Å². The van der Waals surface area contributed by atoms with Crippen LogP contribution in [0.4, 0.5) is 5.69 Å². The number of para-hydroxylation sites is 2. The topological polar surface area (TPSA) is 125 Å². The molecule has 1 amide bonds. The third kappa shape index (κ3) is 4.10. The van der Waals surface area contributed by atoms with Gasteiger partial charge in [0.1, 0.15) is 23.0 Å². The van der Waals surface area contributed by atoms with Crippen LogP contribution in [0.1, 0.15) is 19.4 Å². The Morgan fingerprint density at radius 1 is 1.22 bits per heavy atom. The van der Waals surface area contributed by atoms with Gasteiger partial charge < -0.3 is 19.1 Å². The molecule has 32 heavy (non-hydrogen) atoms. The predicted octanol–water partition coefficient (Wildman–Crippen LogP) is 2.95. The van der Waals surface area contributed by atoms with Gasteiger partial charge in [0.2, 0.25) is 11.7 Å². The summed E-state index contributed by atoms with van der Waals surface area (Å²) in [4.78, 5) is 38.6. The number of methoxy groups -OCH3 is 1. The van der Waals surface area contributed by atoms with Crippen molar-refractivity contribution in [3.05, 3.63) is 71.5 Å². The minimum Gasteiger partial charge on any atom is -0.495 e. The summed E-state index contributed by atoms with van der Waals surface area (Å²) in [5.74, 6) is 0.426. The maximum Gasteiger partial charge on any atom is 0.264 e. The van der Waals surface area contributed by atoms with Crippen molar-refractivity contribution in [1.29, 1.82) is 0 Å². The number of hydrogen-bond donors (Lipinski definition) is 1. The molecular formula is C22H20N6O4. The van der Waals surface area contributed by atoms with Crippen molar-refractivity contribution in [1.82, 2.24) is 24.7 Å². The van der Waals surface area contributed by atoms with E-state index in [2.05, 4.69) is 25.4 Å². The van der Waals surface area contributed by atoms with Crippen molar-refractivity contribution < 1.29 is 14.1 Å². The van der Waals surface area contributed by atoms with E-state index in [4.69, 9.17) is 9.26 Å². The van der Waals surface area contributed by atoms with E-state index in [0.29, 0.717) is 23.6 Å². The number of nitrogens with zero attached hydrogens (tertiary/aromatic N) is 5. The van der Waals surface area contributed by atoms with Crippen molar-refractivity contribution in [2.45, 2.75) is 19.4 Å². The zero-order valence-electron chi connectivity index (χ0n) is 17.4. The molecule has 4 aromatic rings. The number of carbonyl (C=O) groups is 1. The van der Waals surface area contributed by atoms with Crippen LogP contribution in [-0.2, 0) is 4.79 Å². The SMILES string of the molecule is CC[C@@H](C(=O)Nc1ccccc1OC)n1cccc(-c2nc(-c3cnccn3)no2)c1=O. The van der Waals surface area contributed by atoms with Gasteiger partial charge in [0.05, 0.1) is 19.0 Å². The predicted molar refractivity (Wildman–Crippen MR) is 116 cm³/mol. The van der Waals surface area contributed by atoms with Crippen LogP contribution in [0.5, 0.6) is 5.75 Å². The first kappa shape index (κ1) is 20.9. The minimum absolute atomic E-state index is 0.0324.